The van der Waals surface area contributed by atoms with E-state index < -0.39 is 19.7 Å². The molecule has 0 radical (unpaired) electrons. The quantitative estimate of drug-likeness (QED) is 0.180. The molecule has 6 aromatic rings. The maximum absolute atomic E-state index is 13.8. The Hall–Kier alpha value is -3.46. The third-order valence-corrected chi connectivity index (χ3v) is 12.4. The summed E-state index contributed by atoms with van der Waals surface area (Å²) in [6.07, 6.45) is 5.46. The van der Waals surface area contributed by atoms with E-state index in [2.05, 4.69) is 41.8 Å². The highest BCUT2D eigenvalue weighted by molar-refractivity contribution is 9.10. The number of fused-ring (bicyclic) bond motifs is 6. The lowest BCUT2D eigenvalue weighted by Crippen LogP contribution is -2.11. The van der Waals surface area contributed by atoms with Gasteiger partial charge in [-0.3, -0.25) is 0 Å². The molecule has 0 aliphatic carbocycles. The fourth-order valence-corrected chi connectivity index (χ4v) is 9.47. The molecule has 248 valence electrons. The van der Waals surface area contributed by atoms with Crippen molar-refractivity contribution in [2.24, 2.45) is 0 Å². The highest BCUT2D eigenvalue weighted by Crippen LogP contribution is 2.40. The smallest absolute Gasteiger partial charge is 0.175 e. The molecule has 0 unspecified atom stereocenters. The van der Waals surface area contributed by atoms with Crippen molar-refractivity contribution in [3.05, 3.63) is 116 Å². The molecular formula is C34H28Br2F2N4O4S2. The fourth-order valence-electron chi connectivity index (χ4n) is 6.89. The van der Waals surface area contributed by atoms with Gasteiger partial charge in [-0.1, -0.05) is 36.4 Å². The molecule has 2 aliphatic rings. The summed E-state index contributed by atoms with van der Waals surface area (Å²) in [6.45, 7) is 0. The van der Waals surface area contributed by atoms with Crippen LogP contribution in [0.2, 0.25) is 0 Å². The second-order valence-electron chi connectivity index (χ2n) is 12.0. The summed E-state index contributed by atoms with van der Waals surface area (Å²) in [7, 11) is -6.66. The minimum absolute atomic E-state index is 0.117. The van der Waals surface area contributed by atoms with E-state index in [1.807, 2.05) is 33.4 Å². The molecule has 0 bridgehead atoms. The monoisotopic (exact) mass is 816 g/mol. The minimum atomic E-state index is -3.33. The Labute approximate surface area is 292 Å². The van der Waals surface area contributed by atoms with Gasteiger partial charge >= 0.3 is 0 Å². The molecule has 4 heterocycles. The molecule has 2 aliphatic heterocycles. The average Bonchev–Trinajstić information content (AvgIpc) is 3.79. The van der Waals surface area contributed by atoms with Gasteiger partial charge in [-0.25, -0.2) is 35.6 Å². The molecule has 4 aromatic carbocycles. The van der Waals surface area contributed by atoms with Crippen LogP contribution in [0.25, 0.3) is 22.1 Å². The summed E-state index contributed by atoms with van der Waals surface area (Å²) in [5.41, 5.74) is 4.32. The molecule has 0 fully saturated rings. The SMILES string of the molecule is CS(=O)(=O)c1ccccc1[C@@H]1CCc2nc3cc(F)c(Br)cc3n21.CS(=O)(=O)c1ccccc1[C@H]1CCc2nc3cc(F)c(Br)cc3n21. The minimum Gasteiger partial charge on any atom is -0.320 e. The van der Waals surface area contributed by atoms with Crippen LogP contribution in [0.15, 0.2) is 91.5 Å². The van der Waals surface area contributed by atoms with Gasteiger partial charge in [-0.15, -0.1) is 0 Å². The van der Waals surface area contributed by atoms with Crippen LogP contribution < -0.4 is 0 Å². The Morgan fingerprint density at radius 3 is 1.40 bits per heavy atom. The van der Waals surface area contributed by atoms with Crippen molar-refractivity contribution >= 4 is 73.6 Å². The van der Waals surface area contributed by atoms with E-state index in [0.29, 0.717) is 29.8 Å². The van der Waals surface area contributed by atoms with Gasteiger partial charge in [-0.2, -0.15) is 0 Å². The molecule has 2 aromatic heterocycles. The standard InChI is InChI=1S/2C17H14BrFN2O2S/c2*1-24(22,23)16-5-3-2-4-10(16)14-6-7-17-20-13-9-12(19)11(18)8-15(13)21(14)17/h2*2-5,8-9,14H,6-7H2,1H3/t2*14-/m10/s1. The first kappa shape index (κ1) is 33.1. The molecule has 2 atom stereocenters. The van der Waals surface area contributed by atoms with Crippen molar-refractivity contribution in [2.45, 2.75) is 47.6 Å². The summed E-state index contributed by atoms with van der Waals surface area (Å²) in [5.74, 6) is 1.01. The molecule has 0 saturated heterocycles. The number of hydrogen-bond donors (Lipinski definition) is 0. The predicted octanol–water partition coefficient (Wildman–Crippen LogP) is 7.75. The van der Waals surface area contributed by atoms with Crippen LogP contribution in [0, 0.1) is 11.6 Å². The summed E-state index contributed by atoms with van der Waals surface area (Å²) < 4.78 is 80.9. The number of aromatic nitrogens is 4. The highest BCUT2D eigenvalue weighted by Gasteiger charge is 2.32. The van der Waals surface area contributed by atoms with Gasteiger partial charge in [0.15, 0.2) is 19.7 Å². The first-order chi connectivity index (χ1) is 22.7. The van der Waals surface area contributed by atoms with E-state index in [1.54, 1.807) is 36.4 Å². The second-order valence-corrected chi connectivity index (χ2v) is 17.7. The molecule has 0 spiro atoms. The van der Waals surface area contributed by atoms with Crippen LogP contribution in [0.3, 0.4) is 0 Å². The van der Waals surface area contributed by atoms with Gasteiger partial charge < -0.3 is 9.13 Å². The van der Waals surface area contributed by atoms with E-state index in [0.717, 1.165) is 59.5 Å². The number of sulfone groups is 2. The first-order valence-corrected chi connectivity index (χ1v) is 20.4. The maximum Gasteiger partial charge on any atom is 0.175 e. The lowest BCUT2D eigenvalue weighted by Gasteiger charge is -2.18. The van der Waals surface area contributed by atoms with Crippen molar-refractivity contribution in [1.82, 2.24) is 19.1 Å². The lowest BCUT2D eigenvalue weighted by molar-refractivity contribution is 0.588. The van der Waals surface area contributed by atoms with Gasteiger partial charge in [0.1, 0.15) is 23.3 Å². The number of hydrogen-bond acceptors (Lipinski definition) is 6. The van der Waals surface area contributed by atoms with E-state index in [9.17, 15) is 25.6 Å². The normalized spacial score (nSPS) is 17.4. The van der Waals surface area contributed by atoms with E-state index in [-0.39, 0.29) is 23.7 Å². The molecule has 14 heteroatoms. The van der Waals surface area contributed by atoms with E-state index >= 15 is 0 Å². The predicted molar refractivity (Wildman–Crippen MR) is 187 cm³/mol. The Bertz CT molecular complexity index is 2320. The van der Waals surface area contributed by atoms with Crippen LogP contribution in [-0.4, -0.2) is 48.4 Å². The van der Waals surface area contributed by atoms with Crippen LogP contribution >= 0.6 is 31.9 Å². The Morgan fingerprint density at radius 1 is 0.646 bits per heavy atom. The van der Waals surface area contributed by atoms with Crippen molar-refractivity contribution < 1.29 is 25.6 Å². The number of aryl methyl sites for hydroxylation is 2. The molecule has 48 heavy (non-hydrogen) atoms. The van der Waals surface area contributed by atoms with Gasteiger partial charge in [0, 0.05) is 37.5 Å². The van der Waals surface area contributed by atoms with Crippen molar-refractivity contribution in [3.63, 3.8) is 0 Å². The van der Waals surface area contributed by atoms with Crippen molar-refractivity contribution in [1.29, 1.82) is 0 Å². The summed E-state index contributed by atoms with van der Waals surface area (Å²) in [5, 5.41) is 0. The third-order valence-electron chi connectivity index (χ3n) is 8.87. The Balaban J connectivity index is 0.000000152. The van der Waals surface area contributed by atoms with E-state index in [4.69, 9.17) is 0 Å². The van der Waals surface area contributed by atoms with Gasteiger partial charge in [-0.05, 0) is 80.1 Å². The largest absolute Gasteiger partial charge is 0.320 e. The lowest BCUT2D eigenvalue weighted by atomic mass is 10.0. The summed E-state index contributed by atoms with van der Waals surface area (Å²) >= 11 is 6.44. The molecule has 0 saturated carbocycles. The zero-order chi connectivity index (χ0) is 34.1. The molecule has 0 N–H and O–H groups in total. The molecule has 8 rings (SSSR count). The fraction of sp³-hybridized carbons (Fsp3) is 0.235. The van der Waals surface area contributed by atoms with Crippen molar-refractivity contribution in [2.75, 3.05) is 12.5 Å². The molecule has 0 amide bonds. The molecule has 8 nitrogen and oxygen atoms in total. The number of benzene rings is 4. The number of imidazole rings is 2. The molecular weight excluding hydrogens is 790 g/mol. The zero-order valence-electron chi connectivity index (χ0n) is 25.7. The Morgan fingerprint density at radius 2 is 1.02 bits per heavy atom. The highest BCUT2D eigenvalue weighted by atomic mass is 79.9. The number of rotatable bonds is 4. The van der Waals surface area contributed by atoms with Crippen LogP contribution in [-0.2, 0) is 32.5 Å². The topological polar surface area (TPSA) is 104 Å². The summed E-state index contributed by atoms with van der Waals surface area (Å²) in [4.78, 5) is 9.71. The van der Waals surface area contributed by atoms with Crippen LogP contribution in [0.5, 0.6) is 0 Å². The van der Waals surface area contributed by atoms with Gasteiger partial charge in [0.2, 0.25) is 0 Å². The van der Waals surface area contributed by atoms with Crippen LogP contribution in [0.4, 0.5) is 8.78 Å². The van der Waals surface area contributed by atoms with Crippen LogP contribution in [0.1, 0.15) is 47.7 Å². The van der Waals surface area contributed by atoms with Gasteiger partial charge in [0.25, 0.3) is 0 Å². The number of nitrogens with zero attached hydrogens (tertiary/aromatic N) is 4. The van der Waals surface area contributed by atoms with E-state index in [1.165, 1.54) is 24.6 Å². The Kier molecular flexibility index (Phi) is 8.37. The summed E-state index contributed by atoms with van der Waals surface area (Å²) in [6, 6.07) is 20.1. The zero-order valence-corrected chi connectivity index (χ0v) is 30.5. The van der Waals surface area contributed by atoms with Gasteiger partial charge in [0.05, 0.1) is 52.9 Å². The number of halogens is 4. The average molecular weight is 819 g/mol. The maximum atomic E-state index is 13.8. The first-order valence-electron chi connectivity index (χ1n) is 15.0. The third kappa shape index (κ3) is 5.80. The van der Waals surface area contributed by atoms with Crippen molar-refractivity contribution in [3.8, 4) is 0 Å². The second kappa shape index (κ2) is 12.1.